The Kier molecular flexibility index (Phi) is 5.20. The molecule has 4 rings (SSSR count). The monoisotopic (exact) mass is 389 g/mol. The van der Waals surface area contributed by atoms with Crippen molar-refractivity contribution in [1.29, 1.82) is 0 Å². The minimum Gasteiger partial charge on any atom is -0.467 e. The van der Waals surface area contributed by atoms with Crippen LogP contribution in [-0.2, 0) is 16.1 Å². The van der Waals surface area contributed by atoms with Crippen LogP contribution in [0.25, 0.3) is 0 Å². The minimum atomic E-state index is -0.105. The lowest BCUT2D eigenvalue weighted by Crippen LogP contribution is -2.39. The number of nitrogens with zero attached hydrogens (tertiary/aromatic N) is 4. The number of likely N-dealkylation sites (N-methyl/N-ethyl adjacent to an activating group) is 1. The highest BCUT2D eigenvalue weighted by atomic mass is 32.2. The molecule has 2 aliphatic carbocycles. The van der Waals surface area contributed by atoms with Crippen LogP contribution in [0.3, 0.4) is 0 Å². The molecule has 0 aliphatic heterocycles. The number of carbonyl (C=O) groups is 2. The number of thioether (sulfide) groups is 1. The van der Waals surface area contributed by atoms with E-state index < -0.39 is 0 Å². The molecule has 0 saturated heterocycles. The number of hydrogen-bond donors (Lipinski definition) is 1. The second kappa shape index (κ2) is 7.75. The van der Waals surface area contributed by atoms with Gasteiger partial charge < -0.3 is 14.6 Å². The van der Waals surface area contributed by atoms with E-state index in [0.29, 0.717) is 23.7 Å². The van der Waals surface area contributed by atoms with E-state index in [-0.39, 0.29) is 24.1 Å². The molecule has 0 atom stereocenters. The average molecular weight is 389 g/mol. The third kappa shape index (κ3) is 4.71. The molecule has 144 valence electrons. The van der Waals surface area contributed by atoms with Crippen molar-refractivity contribution in [3.05, 3.63) is 30.0 Å². The van der Waals surface area contributed by atoms with E-state index >= 15 is 0 Å². The van der Waals surface area contributed by atoms with E-state index in [9.17, 15) is 9.59 Å². The van der Waals surface area contributed by atoms with Gasteiger partial charge in [0.25, 0.3) is 0 Å². The van der Waals surface area contributed by atoms with Crippen molar-refractivity contribution in [2.24, 2.45) is 0 Å². The fourth-order valence-corrected chi connectivity index (χ4v) is 3.68. The summed E-state index contributed by atoms with van der Waals surface area (Å²) in [7, 11) is 1.65. The van der Waals surface area contributed by atoms with Crippen molar-refractivity contribution < 1.29 is 14.0 Å². The van der Waals surface area contributed by atoms with Crippen molar-refractivity contribution in [1.82, 2.24) is 25.0 Å². The van der Waals surface area contributed by atoms with Gasteiger partial charge in [0.05, 0.1) is 25.1 Å². The van der Waals surface area contributed by atoms with Crippen molar-refractivity contribution in [3.63, 3.8) is 0 Å². The van der Waals surface area contributed by atoms with Crippen LogP contribution in [-0.4, -0.2) is 56.9 Å². The first kappa shape index (κ1) is 18.1. The van der Waals surface area contributed by atoms with E-state index in [0.717, 1.165) is 37.3 Å². The molecule has 2 aliphatic rings. The van der Waals surface area contributed by atoms with Gasteiger partial charge in [0.15, 0.2) is 5.16 Å². The Hall–Kier alpha value is -2.29. The number of carbonyl (C=O) groups excluding carboxylic acids is 2. The van der Waals surface area contributed by atoms with E-state index in [1.54, 1.807) is 13.3 Å². The summed E-state index contributed by atoms with van der Waals surface area (Å²) in [4.78, 5) is 25.7. The number of rotatable bonds is 9. The van der Waals surface area contributed by atoms with Gasteiger partial charge in [0, 0.05) is 19.0 Å². The topological polar surface area (TPSA) is 93.3 Å². The van der Waals surface area contributed by atoms with Crippen LogP contribution >= 0.6 is 11.8 Å². The van der Waals surface area contributed by atoms with Crippen LogP contribution in [0.5, 0.6) is 0 Å². The largest absolute Gasteiger partial charge is 0.467 e. The van der Waals surface area contributed by atoms with Gasteiger partial charge in [0.2, 0.25) is 11.8 Å². The van der Waals surface area contributed by atoms with Gasteiger partial charge in [-0.2, -0.15) is 0 Å². The van der Waals surface area contributed by atoms with Gasteiger partial charge in [-0.3, -0.25) is 14.2 Å². The third-order valence-electron chi connectivity index (χ3n) is 4.66. The predicted molar refractivity (Wildman–Crippen MR) is 99.3 cm³/mol. The normalized spacial score (nSPS) is 16.3. The van der Waals surface area contributed by atoms with E-state index in [4.69, 9.17) is 4.42 Å². The zero-order valence-electron chi connectivity index (χ0n) is 15.3. The minimum absolute atomic E-state index is 0.0856. The summed E-state index contributed by atoms with van der Waals surface area (Å²) in [5.74, 6) is 2.25. The van der Waals surface area contributed by atoms with Crippen molar-refractivity contribution in [2.75, 3.05) is 19.3 Å². The summed E-state index contributed by atoms with van der Waals surface area (Å²) in [6.45, 7) is 0.643. The Morgan fingerprint density at radius 2 is 2.15 bits per heavy atom. The molecule has 2 aromatic heterocycles. The SMILES string of the molecule is CN(CC(=O)NC1CC1)C(=O)CSc1nnc(C2CC2)n1Cc1ccco1. The fraction of sp³-hybridized carbons (Fsp3) is 0.556. The molecule has 2 saturated carbocycles. The maximum Gasteiger partial charge on any atom is 0.239 e. The number of hydrogen-bond acceptors (Lipinski definition) is 6. The summed E-state index contributed by atoms with van der Waals surface area (Å²) >= 11 is 1.35. The van der Waals surface area contributed by atoms with Gasteiger partial charge in [0.1, 0.15) is 11.6 Å². The summed E-state index contributed by atoms with van der Waals surface area (Å²) in [6, 6.07) is 4.08. The zero-order valence-corrected chi connectivity index (χ0v) is 16.1. The molecule has 0 spiro atoms. The molecule has 0 aromatic carbocycles. The first-order chi connectivity index (χ1) is 13.1. The van der Waals surface area contributed by atoms with Crippen LogP contribution in [0.4, 0.5) is 0 Å². The first-order valence-electron chi connectivity index (χ1n) is 9.21. The van der Waals surface area contributed by atoms with Crippen molar-refractivity contribution in [3.8, 4) is 0 Å². The number of amides is 2. The first-order valence-corrected chi connectivity index (χ1v) is 10.2. The summed E-state index contributed by atoms with van der Waals surface area (Å²) in [5.41, 5.74) is 0. The van der Waals surface area contributed by atoms with Crippen LogP contribution in [0.15, 0.2) is 28.0 Å². The molecule has 27 heavy (non-hydrogen) atoms. The highest BCUT2D eigenvalue weighted by Gasteiger charge is 2.31. The lowest BCUT2D eigenvalue weighted by Gasteiger charge is -2.16. The Morgan fingerprint density at radius 1 is 1.33 bits per heavy atom. The molecule has 0 radical (unpaired) electrons. The summed E-state index contributed by atoms with van der Waals surface area (Å²) < 4.78 is 7.49. The molecule has 8 nitrogen and oxygen atoms in total. The maximum absolute atomic E-state index is 12.4. The molecule has 2 amide bonds. The predicted octanol–water partition coefficient (Wildman–Crippen LogP) is 1.63. The lowest BCUT2D eigenvalue weighted by molar-refractivity contribution is -0.132. The molecule has 1 N–H and O–H groups in total. The quantitative estimate of drug-likeness (QED) is 0.655. The van der Waals surface area contributed by atoms with Crippen LogP contribution in [0.2, 0.25) is 0 Å². The molecule has 2 aromatic rings. The second-order valence-corrected chi connectivity index (χ2v) is 8.10. The summed E-state index contributed by atoms with van der Waals surface area (Å²) in [5, 5.41) is 12.2. The van der Waals surface area contributed by atoms with Crippen LogP contribution in [0.1, 0.15) is 43.2 Å². The lowest BCUT2D eigenvalue weighted by atomic mass is 10.3. The Balaban J connectivity index is 1.35. The van der Waals surface area contributed by atoms with Gasteiger partial charge >= 0.3 is 0 Å². The van der Waals surface area contributed by atoms with Crippen LogP contribution < -0.4 is 5.32 Å². The van der Waals surface area contributed by atoms with Crippen molar-refractivity contribution in [2.45, 2.75) is 49.3 Å². The molecule has 9 heteroatoms. The van der Waals surface area contributed by atoms with E-state index in [1.807, 2.05) is 16.7 Å². The highest BCUT2D eigenvalue weighted by molar-refractivity contribution is 7.99. The average Bonchev–Trinajstić information content (AvgIpc) is 3.56. The van der Waals surface area contributed by atoms with E-state index in [2.05, 4.69) is 15.5 Å². The van der Waals surface area contributed by atoms with E-state index in [1.165, 1.54) is 16.7 Å². The van der Waals surface area contributed by atoms with Crippen molar-refractivity contribution >= 4 is 23.6 Å². The standard InChI is InChI=1S/C18H23N5O3S/c1-22(10-15(24)19-13-6-7-13)16(25)11-27-18-21-20-17(12-4-5-12)23(18)9-14-3-2-8-26-14/h2-3,8,12-13H,4-7,9-11H2,1H3,(H,19,24). The smallest absolute Gasteiger partial charge is 0.239 e. The molecule has 0 unspecified atom stereocenters. The molecular weight excluding hydrogens is 366 g/mol. The fourth-order valence-electron chi connectivity index (χ4n) is 2.80. The Bertz CT molecular complexity index is 811. The molecule has 2 fully saturated rings. The second-order valence-electron chi connectivity index (χ2n) is 7.16. The Labute approximate surface area is 161 Å². The molecular formula is C18H23N5O3S. The Morgan fingerprint density at radius 3 is 2.81 bits per heavy atom. The maximum atomic E-state index is 12.4. The van der Waals surface area contributed by atoms with Gasteiger partial charge in [-0.05, 0) is 37.8 Å². The highest BCUT2D eigenvalue weighted by Crippen LogP contribution is 2.40. The van der Waals surface area contributed by atoms with Crippen LogP contribution in [0, 0.1) is 0 Å². The molecule has 0 bridgehead atoms. The number of furan rings is 1. The number of aromatic nitrogens is 3. The number of nitrogens with one attached hydrogen (secondary N) is 1. The third-order valence-corrected chi connectivity index (χ3v) is 5.61. The van der Waals surface area contributed by atoms with Gasteiger partial charge in [-0.25, -0.2) is 0 Å². The zero-order chi connectivity index (χ0) is 18.8. The summed E-state index contributed by atoms with van der Waals surface area (Å²) in [6.07, 6.45) is 5.97. The molecule has 2 heterocycles. The van der Waals surface area contributed by atoms with Gasteiger partial charge in [-0.1, -0.05) is 11.8 Å². The van der Waals surface area contributed by atoms with Gasteiger partial charge in [-0.15, -0.1) is 10.2 Å².